The highest BCUT2D eigenvalue weighted by Crippen LogP contribution is 2.23. The fraction of sp³-hybridized carbons (Fsp3) is 0.357. The largest absolute Gasteiger partial charge is 0.269 e. The van der Waals surface area contributed by atoms with Gasteiger partial charge in [-0.15, -0.1) is 0 Å². The average Bonchev–Trinajstić information content (AvgIpc) is 2.74. The Morgan fingerprint density at radius 1 is 1.22 bits per heavy atom. The number of rotatable bonds is 5. The Labute approximate surface area is 134 Å². The van der Waals surface area contributed by atoms with Crippen LogP contribution in [-0.2, 0) is 16.6 Å². The van der Waals surface area contributed by atoms with Gasteiger partial charge in [0.2, 0.25) is 10.0 Å². The van der Waals surface area contributed by atoms with Crippen molar-refractivity contribution >= 4 is 15.7 Å². The van der Waals surface area contributed by atoms with Crippen LogP contribution < -0.4 is 0 Å². The Morgan fingerprint density at radius 2 is 1.78 bits per heavy atom. The Balaban J connectivity index is 2.37. The van der Waals surface area contributed by atoms with E-state index in [2.05, 4.69) is 5.10 Å². The maximum absolute atomic E-state index is 12.4. The summed E-state index contributed by atoms with van der Waals surface area (Å²) < 4.78 is 27.5. The second-order valence-electron chi connectivity index (χ2n) is 5.37. The highest BCUT2D eigenvalue weighted by Gasteiger charge is 2.26. The van der Waals surface area contributed by atoms with Crippen molar-refractivity contribution in [3.8, 4) is 0 Å². The highest BCUT2D eigenvalue weighted by atomic mass is 32.2. The molecule has 23 heavy (non-hydrogen) atoms. The zero-order valence-electron chi connectivity index (χ0n) is 13.3. The van der Waals surface area contributed by atoms with Crippen molar-refractivity contribution < 1.29 is 13.3 Å². The van der Waals surface area contributed by atoms with Gasteiger partial charge < -0.3 is 0 Å². The fourth-order valence-corrected chi connectivity index (χ4v) is 3.54. The maximum Gasteiger partial charge on any atom is 0.269 e. The molecule has 1 aromatic heterocycles. The number of nitro groups is 1. The predicted octanol–water partition coefficient (Wildman–Crippen LogP) is 1.71. The highest BCUT2D eigenvalue weighted by molar-refractivity contribution is 7.89. The molecule has 0 unspecified atom stereocenters. The van der Waals surface area contributed by atoms with Crippen LogP contribution in [0.3, 0.4) is 0 Å². The van der Waals surface area contributed by atoms with E-state index in [0.29, 0.717) is 17.9 Å². The second kappa shape index (κ2) is 6.09. The summed E-state index contributed by atoms with van der Waals surface area (Å²) >= 11 is 0. The minimum Gasteiger partial charge on any atom is -0.264 e. The molecule has 9 heteroatoms. The first kappa shape index (κ1) is 17.1. The van der Waals surface area contributed by atoms with Crippen LogP contribution in [0.15, 0.2) is 29.2 Å². The van der Waals surface area contributed by atoms with E-state index < -0.39 is 14.9 Å². The van der Waals surface area contributed by atoms with E-state index in [-0.39, 0.29) is 10.6 Å². The summed E-state index contributed by atoms with van der Waals surface area (Å²) in [5.41, 5.74) is 1.78. The molecule has 2 aromatic rings. The summed E-state index contributed by atoms with van der Waals surface area (Å²) in [6.07, 6.45) is 0. The summed E-state index contributed by atoms with van der Waals surface area (Å²) in [6.45, 7) is 3.69. The first-order valence-electron chi connectivity index (χ1n) is 6.84. The number of aromatic nitrogens is 2. The lowest BCUT2D eigenvalue weighted by atomic mass is 10.2. The molecule has 0 saturated heterocycles. The van der Waals surface area contributed by atoms with E-state index in [9.17, 15) is 18.5 Å². The van der Waals surface area contributed by atoms with E-state index in [1.54, 1.807) is 30.7 Å². The van der Waals surface area contributed by atoms with Crippen LogP contribution in [0.25, 0.3) is 0 Å². The van der Waals surface area contributed by atoms with Crippen LogP contribution in [0.1, 0.15) is 17.0 Å². The zero-order valence-corrected chi connectivity index (χ0v) is 14.2. The molecular weight excluding hydrogens is 320 g/mol. The number of aryl methyl sites for hydroxylation is 1. The second-order valence-corrected chi connectivity index (χ2v) is 7.46. The Bertz CT molecular complexity index is 838. The van der Waals surface area contributed by atoms with Crippen LogP contribution in [0.2, 0.25) is 0 Å². The maximum atomic E-state index is 12.4. The third-order valence-electron chi connectivity index (χ3n) is 3.53. The van der Waals surface area contributed by atoms with Gasteiger partial charge in [0.25, 0.3) is 5.69 Å². The van der Waals surface area contributed by atoms with Crippen LogP contribution in [0, 0.1) is 24.0 Å². The van der Waals surface area contributed by atoms with Gasteiger partial charge in [0.1, 0.15) is 4.90 Å². The fourth-order valence-electron chi connectivity index (χ4n) is 2.29. The Morgan fingerprint density at radius 3 is 2.26 bits per heavy atom. The van der Waals surface area contributed by atoms with Crippen molar-refractivity contribution in [2.45, 2.75) is 25.3 Å². The summed E-state index contributed by atoms with van der Waals surface area (Å²) in [7, 11) is -0.619. The number of non-ortho nitro benzene ring substituents is 1. The van der Waals surface area contributed by atoms with E-state index in [4.69, 9.17) is 0 Å². The first-order valence-corrected chi connectivity index (χ1v) is 8.28. The quantitative estimate of drug-likeness (QED) is 0.610. The summed E-state index contributed by atoms with van der Waals surface area (Å²) in [5.74, 6) is 0. The zero-order chi connectivity index (χ0) is 17.4. The van der Waals surface area contributed by atoms with Crippen molar-refractivity contribution in [1.82, 2.24) is 14.1 Å². The van der Waals surface area contributed by atoms with E-state index in [0.717, 1.165) is 9.87 Å². The number of hydrogen-bond donors (Lipinski definition) is 0. The van der Waals surface area contributed by atoms with Gasteiger partial charge in [0.15, 0.2) is 0 Å². The standard InChI is InChI=1S/C14H18N4O4S/c1-10-14(23(21,22)16(3)4)11(2)17(15-10)9-12-5-7-13(8-6-12)18(19)20/h5-8H,9H2,1-4H3. The van der Waals surface area contributed by atoms with Crippen molar-refractivity contribution in [3.63, 3.8) is 0 Å². The van der Waals surface area contributed by atoms with Crippen molar-refractivity contribution in [2.75, 3.05) is 14.1 Å². The molecule has 0 aliphatic rings. The number of hydrogen-bond acceptors (Lipinski definition) is 5. The molecule has 0 radical (unpaired) electrons. The molecule has 0 amide bonds. The molecule has 0 fully saturated rings. The number of sulfonamides is 1. The molecular formula is C14H18N4O4S. The van der Waals surface area contributed by atoms with Gasteiger partial charge >= 0.3 is 0 Å². The number of benzene rings is 1. The van der Waals surface area contributed by atoms with Gasteiger partial charge in [0.05, 0.1) is 22.9 Å². The van der Waals surface area contributed by atoms with Crippen LogP contribution in [0.5, 0.6) is 0 Å². The van der Waals surface area contributed by atoms with Crippen LogP contribution >= 0.6 is 0 Å². The van der Waals surface area contributed by atoms with E-state index >= 15 is 0 Å². The third-order valence-corrected chi connectivity index (χ3v) is 5.60. The van der Waals surface area contributed by atoms with E-state index in [1.165, 1.54) is 26.2 Å². The molecule has 1 heterocycles. The number of nitrogens with zero attached hydrogens (tertiary/aromatic N) is 4. The molecule has 0 atom stereocenters. The molecule has 0 aliphatic carbocycles. The molecule has 2 rings (SSSR count). The Hall–Kier alpha value is -2.26. The van der Waals surface area contributed by atoms with Gasteiger partial charge in [-0.3, -0.25) is 14.8 Å². The minimum atomic E-state index is -3.57. The summed E-state index contributed by atoms with van der Waals surface area (Å²) in [5, 5.41) is 15.0. The third kappa shape index (κ3) is 3.25. The van der Waals surface area contributed by atoms with Crippen LogP contribution in [-0.4, -0.2) is 41.5 Å². The van der Waals surface area contributed by atoms with Crippen molar-refractivity contribution in [2.24, 2.45) is 0 Å². The molecule has 124 valence electrons. The van der Waals surface area contributed by atoms with Gasteiger partial charge in [0, 0.05) is 26.2 Å². The topological polar surface area (TPSA) is 98.3 Å². The minimum absolute atomic E-state index is 0.0120. The molecule has 1 aromatic carbocycles. The average molecular weight is 338 g/mol. The monoisotopic (exact) mass is 338 g/mol. The molecule has 0 bridgehead atoms. The lowest BCUT2D eigenvalue weighted by molar-refractivity contribution is -0.384. The molecule has 8 nitrogen and oxygen atoms in total. The normalized spacial score (nSPS) is 11.9. The lowest BCUT2D eigenvalue weighted by Gasteiger charge is -2.11. The van der Waals surface area contributed by atoms with Gasteiger partial charge in [-0.25, -0.2) is 12.7 Å². The molecule has 0 spiro atoms. The SMILES string of the molecule is Cc1nn(Cc2ccc([N+](=O)[O-])cc2)c(C)c1S(=O)(=O)N(C)C. The number of nitro benzene ring substituents is 1. The van der Waals surface area contributed by atoms with Crippen molar-refractivity contribution in [3.05, 3.63) is 51.3 Å². The Kier molecular flexibility index (Phi) is 4.53. The summed E-state index contributed by atoms with van der Waals surface area (Å²) in [4.78, 5) is 10.4. The van der Waals surface area contributed by atoms with Gasteiger partial charge in [-0.05, 0) is 19.4 Å². The molecule has 0 N–H and O–H groups in total. The van der Waals surface area contributed by atoms with Gasteiger partial charge in [-0.2, -0.15) is 5.10 Å². The molecule has 0 aliphatic heterocycles. The van der Waals surface area contributed by atoms with Gasteiger partial charge in [-0.1, -0.05) is 12.1 Å². The lowest BCUT2D eigenvalue weighted by Crippen LogP contribution is -2.23. The molecule has 0 saturated carbocycles. The van der Waals surface area contributed by atoms with Crippen LogP contribution in [0.4, 0.5) is 5.69 Å². The summed E-state index contributed by atoms with van der Waals surface area (Å²) in [6, 6.07) is 6.10. The predicted molar refractivity (Wildman–Crippen MR) is 84.8 cm³/mol. The smallest absolute Gasteiger partial charge is 0.264 e. The first-order chi connectivity index (χ1) is 10.6. The van der Waals surface area contributed by atoms with Crippen molar-refractivity contribution in [1.29, 1.82) is 0 Å². The van der Waals surface area contributed by atoms with E-state index in [1.807, 2.05) is 0 Å².